The van der Waals surface area contributed by atoms with Gasteiger partial charge in [0.2, 0.25) is 0 Å². The minimum Gasteiger partial charge on any atom is -0.313 e. The third-order valence-corrected chi connectivity index (χ3v) is 3.49. The SMILES string of the molecule is Cc1nnc2n1CCN(C/C=C/c1ccccc1)C2. The fourth-order valence-electron chi connectivity index (χ4n) is 2.41. The molecule has 1 aliphatic heterocycles. The highest BCUT2D eigenvalue weighted by Gasteiger charge is 2.18. The summed E-state index contributed by atoms with van der Waals surface area (Å²) >= 11 is 0. The van der Waals surface area contributed by atoms with Crippen molar-refractivity contribution in [2.75, 3.05) is 13.1 Å². The molecule has 0 saturated heterocycles. The fourth-order valence-corrected chi connectivity index (χ4v) is 2.41. The molecule has 98 valence electrons. The molecular formula is C15H18N4. The summed E-state index contributed by atoms with van der Waals surface area (Å²) in [5, 5.41) is 8.35. The van der Waals surface area contributed by atoms with E-state index in [4.69, 9.17) is 0 Å². The Kier molecular flexibility index (Phi) is 3.42. The monoisotopic (exact) mass is 254 g/mol. The Morgan fingerprint density at radius 3 is 2.84 bits per heavy atom. The summed E-state index contributed by atoms with van der Waals surface area (Å²) in [4.78, 5) is 2.39. The number of hydrogen-bond acceptors (Lipinski definition) is 3. The van der Waals surface area contributed by atoms with Crippen molar-refractivity contribution in [3.63, 3.8) is 0 Å². The van der Waals surface area contributed by atoms with Gasteiger partial charge in [0.25, 0.3) is 0 Å². The lowest BCUT2D eigenvalue weighted by atomic mass is 10.2. The van der Waals surface area contributed by atoms with Gasteiger partial charge in [0, 0.05) is 19.6 Å². The molecular weight excluding hydrogens is 236 g/mol. The molecule has 0 saturated carbocycles. The van der Waals surface area contributed by atoms with Crippen molar-refractivity contribution in [3.8, 4) is 0 Å². The van der Waals surface area contributed by atoms with Crippen molar-refractivity contribution >= 4 is 6.08 Å². The van der Waals surface area contributed by atoms with Crippen LogP contribution in [0.3, 0.4) is 0 Å². The van der Waals surface area contributed by atoms with Gasteiger partial charge in [-0.2, -0.15) is 0 Å². The van der Waals surface area contributed by atoms with Gasteiger partial charge in [-0.1, -0.05) is 42.5 Å². The molecule has 2 aromatic rings. The summed E-state index contributed by atoms with van der Waals surface area (Å²) in [5.74, 6) is 2.10. The number of fused-ring (bicyclic) bond motifs is 1. The van der Waals surface area contributed by atoms with Gasteiger partial charge in [-0.3, -0.25) is 4.90 Å². The van der Waals surface area contributed by atoms with E-state index in [1.165, 1.54) is 5.56 Å². The highest BCUT2D eigenvalue weighted by atomic mass is 15.3. The minimum absolute atomic E-state index is 0.889. The van der Waals surface area contributed by atoms with Crippen molar-refractivity contribution in [3.05, 3.63) is 53.6 Å². The van der Waals surface area contributed by atoms with E-state index in [9.17, 15) is 0 Å². The predicted octanol–water partition coefficient (Wildman–Crippen LogP) is 2.12. The van der Waals surface area contributed by atoms with Crippen LogP contribution in [0.15, 0.2) is 36.4 Å². The maximum absolute atomic E-state index is 4.22. The quantitative estimate of drug-likeness (QED) is 0.841. The van der Waals surface area contributed by atoms with Gasteiger partial charge in [0.15, 0.2) is 0 Å². The van der Waals surface area contributed by atoms with Crippen molar-refractivity contribution in [2.24, 2.45) is 0 Å². The maximum atomic E-state index is 4.22. The smallest absolute Gasteiger partial charge is 0.147 e. The van der Waals surface area contributed by atoms with E-state index in [-0.39, 0.29) is 0 Å². The van der Waals surface area contributed by atoms with Crippen molar-refractivity contribution in [1.82, 2.24) is 19.7 Å². The van der Waals surface area contributed by atoms with Gasteiger partial charge >= 0.3 is 0 Å². The van der Waals surface area contributed by atoms with E-state index in [1.807, 2.05) is 13.0 Å². The second-order valence-corrected chi connectivity index (χ2v) is 4.86. The van der Waals surface area contributed by atoms with E-state index >= 15 is 0 Å². The van der Waals surface area contributed by atoms with Crippen LogP contribution in [0.25, 0.3) is 6.08 Å². The average molecular weight is 254 g/mol. The lowest BCUT2D eigenvalue weighted by molar-refractivity contribution is 0.238. The van der Waals surface area contributed by atoms with Crippen LogP contribution in [0.4, 0.5) is 0 Å². The Labute approximate surface area is 113 Å². The van der Waals surface area contributed by atoms with Crippen LogP contribution in [0.5, 0.6) is 0 Å². The minimum atomic E-state index is 0.889. The van der Waals surface area contributed by atoms with Crippen LogP contribution < -0.4 is 0 Å². The van der Waals surface area contributed by atoms with Crippen molar-refractivity contribution in [2.45, 2.75) is 20.0 Å². The summed E-state index contributed by atoms with van der Waals surface area (Å²) in [5.41, 5.74) is 1.25. The zero-order chi connectivity index (χ0) is 13.1. The lowest BCUT2D eigenvalue weighted by Crippen LogP contribution is -2.34. The largest absolute Gasteiger partial charge is 0.313 e. The zero-order valence-corrected chi connectivity index (χ0v) is 11.2. The second-order valence-electron chi connectivity index (χ2n) is 4.86. The normalized spacial score (nSPS) is 15.8. The zero-order valence-electron chi connectivity index (χ0n) is 11.2. The van der Waals surface area contributed by atoms with E-state index in [2.05, 4.69) is 56.1 Å². The Morgan fingerprint density at radius 2 is 2.00 bits per heavy atom. The second kappa shape index (κ2) is 5.36. The number of hydrogen-bond donors (Lipinski definition) is 0. The lowest BCUT2D eigenvalue weighted by Gasteiger charge is -2.26. The highest BCUT2D eigenvalue weighted by Crippen LogP contribution is 2.11. The van der Waals surface area contributed by atoms with E-state index in [0.717, 1.165) is 37.8 Å². The molecule has 0 spiro atoms. The van der Waals surface area contributed by atoms with Gasteiger partial charge in [-0.05, 0) is 12.5 Å². The fraction of sp³-hybridized carbons (Fsp3) is 0.333. The van der Waals surface area contributed by atoms with E-state index < -0.39 is 0 Å². The number of nitrogens with zero attached hydrogens (tertiary/aromatic N) is 4. The Hall–Kier alpha value is -1.94. The molecule has 0 aliphatic carbocycles. The first-order chi connectivity index (χ1) is 9.33. The van der Waals surface area contributed by atoms with Crippen LogP contribution in [-0.4, -0.2) is 32.8 Å². The van der Waals surface area contributed by atoms with Gasteiger partial charge < -0.3 is 4.57 Å². The first-order valence-corrected chi connectivity index (χ1v) is 6.65. The van der Waals surface area contributed by atoms with E-state index in [1.54, 1.807) is 0 Å². The van der Waals surface area contributed by atoms with Gasteiger partial charge in [0.05, 0.1) is 6.54 Å². The van der Waals surface area contributed by atoms with Gasteiger partial charge in [0.1, 0.15) is 11.6 Å². The van der Waals surface area contributed by atoms with Crippen LogP contribution in [0.1, 0.15) is 17.2 Å². The molecule has 0 atom stereocenters. The van der Waals surface area contributed by atoms with Gasteiger partial charge in [-0.25, -0.2) is 0 Å². The molecule has 19 heavy (non-hydrogen) atoms. The molecule has 3 rings (SSSR count). The number of aryl methyl sites for hydroxylation is 1. The highest BCUT2D eigenvalue weighted by molar-refractivity contribution is 5.48. The summed E-state index contributed by atoms with van der Waals surface area (Å²) in [6.45, 7) is 5.92. The third kappa shape index (κ3) is 2.74. The summed E-state index contributed by atoms with van der Waals surface area (Å²) in [6, 6.07) is 10.4. The molecule has 2 heterocycles. The maximum Gasteiger partial charge on any atom is 0.147 e. The Bertz CT molecular complexity index is 571. The average Bonchev–Trinajstić information content (AvgIpc) is 2.81. The molecule has 0 bridgehead atoms. The number of benzene rings is 1. The topological polar surface area (TPSA) is 34.0 Å². The third-order valence-electron chi connectivity index (χ3n) is 3.49. The van der Waals surface area contributed by atoms with Crippen molar-refractivity contribution in [1.29, 1.82) is 0 Å². The Balaban J connectivity index is 1.59. The molecule has 1 aromatic carbocycles. The van der Waals surface area contributed by atoms with E-state index in [0.29, 0.717) is 0 Å². The molecule has 0 fully saturated rings. The molecule has 4 nitrogen and oxygen atoms in total. The summed E-state index contributed by atoms with van der Waals surface area (Å²) in [7, 11) is 0. The number of rotatable bonds is 3. The molecule has 0 N–H and O–H groups in total. The standard InChI is InChI=1S/C15H18N4/c1-13-16-17-15-12-18(10-11-19(13)15)9-5-8-14-6-3-2-4-7-14/h2-8H,9-12H2,1H3/b8-5+. The summed E-state index contributed by atoms with van der Waals surface area (Å²) < 4.78 is 2.21. The molecule has 0 amide bonds. The molecule has 1 aromatic heterocycles. The van der Waals surface area contributed by atoms with Gasteiger partial charge in [-0.15, -0.1) is 10.2 Å². The molecule has 0 unspecified atom stereocenters. The van der Waals surface area contributed by atoms with Crippen LogP contribution in [-0.2, 0) is 13.1 Å². The number of aromatic nitrogens is 3. The molecule has 0 radical (unpaired) electrons. The Morgan fingerprint density at radius 1 is 1.16 bits per heavy atom. The first kappa shape index (κ1) is 12.1. The summed E-state index contributed by atoms with van der Waals surface area (Å²) in [6.07, 6.45) is 4.39. The molecule has 4 heteroatoms. The van der Waals surface area contributed by atoms with Crippen LogP contribution in [0.2, 0.25) is 0 Å². The predicted molar refractivity (Wildman–Crippen MR) is 75.5 cm³/mol. The van der Waals surface area contributed by atoms with Crippen molar-refractivity contribution < 1.29 is 0 Å². The van der Waals surface area contributed by atoms with Crippen LogP contribution in [0, 0.1) is 6.92 Å². The first-order valence-electron chi connectivity index (χ1n) is 6.65. The van der Waals surface area contributed by atoms with Crippen LogP contribution >= 0.6 is 0 Å². The molecule has 1 aliphatic rings.